The summed E-state index contributed by atoms with van der Waals surface area (Å²) in [6, 6.07) is 6.40. The number of nitrogens with zero attached hydrogens (tertiary/aromatic N) is 1. The molecule has 7 nitrogen and oxygen atoms in total. The third kappa shape index (κ3) is 8.71. The number of hydrogen-bond acceptors (Lipinski definition) is 4. The van der Waals surface area contributed by atoms with E-state index in [4.69, 9.17) is 4.74 Å². The van der Waals surface area contributed by atoms with Gasteiger partial charge in [0, 0.05) is 24.4 Å². The molecule has 1 aliphatic rings. The minimum absolute atomic E-state index is 0.0215. The van der Waals surface area contributed by atoms with Crippen LogP contribution in [-0.4, -0.2) is 36.5 Å². The number of unbranched alkanes of at least 4 members (excludes halogenated alkanes) is 8. The predicted octanol–water partition coefficient (Wildman–Crippen LogP) is 6.47. The number of benzene rings is 1. The minimum atomic E-state index is -0.641. The van der Waals surface area contributed by atoms with Crippen LogP contribution in [0.2, 0.25) is 0 Å². The van der Waals surface area contributed by atoms with Gasteiger partial charge in [0.25, 0.3) is 0 Å². The average Bonchev–Trinajstić information content (AvgIpc) is 2.85. The fourth-order valence-electron chi connectivity index (χ4n) is 4.51. The largest absolute Gasteiger partial charge is 0.466 e. The van der Waals surface area contributed by atoms with Crippen molar-refractivity contribution in [2.45, 2.75) is 97.4 Å². The summed E-state index contributed by atoms with van der Waals surface area (Å²) in [4.78, 5) is 39.4. The van der Waals surface area contributed by atoms with Gasteiger partial charge in [0.1, 0.15) is 0 Å². The molecule has 1 aromatic rings. The molecule has 0 saturated heterocycles. The highest BCUT2D eigenvalue weighted by Crippen LogP contribution is 2.32. The Kier molecular flexibility index (Phi) is 12.4. The quantitative estimate of drug-likeness (QED) is 0.220. The Labute approximate surface area is 210 Å². The van der Waals surface area contributed by atoms with Gasteiger partial charge in [-0.15, -0.1) is 0 Å². The molecule has 1 heterocycles. The lowest BCUT2D eigenvalue weighted by molar-refractivity contribution is -0.136. The van der Waals surface area contributed by atoms with Crippen molar-refractivity contribution in [3.05, 3.63) is 41.1 Å². The van der Waals surface area contributed by atoms with Gasteiger partial charge in [-0.3, -0.25) is 9.69 Å². The van der Waals surface area contributed by atoms with Gasteiger partial charge in [-0.2, -0.15) is 0 Å². The molecule has 2 rings (SSSR count). The van der Waals surface area contributed by atoms with Gasteiger partial charge in [0.2, 0.25) is 5.91 Å². The molecule has 0 aromatic heterocycles. The molecule has 0 radical (unpaired) electrons. The van der Waals surface area contributed by atoms with Crippen LogP contribution in [0.4, 0.5) is 10.5 Å². The number of carbonyl (C=O) groups excluding carboxylic acids is 3. The zero-order chi connectivity index (χ0) is 25.6. The van der Waals surface area contributed by atoms with E-state index >= 15 is 0 Å². The number of carbonyl (C=O) groups is 3. The number of rotatable bonds is 15. The van der Waals surface area contributed by atoms with Gasteiger partial charge >= 0.3 is 12.0 Å². The number of nitrogens with one attached hydrogen (secondary N) is 2. The Balaban J connectivity index is 1.96. The van der Waals surface area contributed by atoms with Crippen LogP contribution >= 0.6 is 0 Å². The zero-order valence-electron chi connectivity index (χ0n) is 22.0. The molecular formula is C28H43N3O4. The molecule has 1 aliphatic heterocycles. The molecule has 0 fully saturated rings. The highest BCUT2D eigenvalue weighted by molar-refractivity contribution is 5.95. The minimum Gasteiger partial charge on any atom is -0.466 e. The van der Waals surface area contributed by atoms with E-state index in [1.165, 1.54) is 52.1 Å². The first-order valence-corrected chi connectivity index (χ1v) is 13.2. The third-order valence-corrected chi connectivity index (χ3v) is 6.46. The maximum atomic E-state index is 12.7. The van der Waals surface area contributed by atoms with Crippen LogP contribution in [0.15, 0.2) is 35.5 Å². The van der Waals surface area contributed by atoms with E-state index in [1.807, 2.05) is 31.2 Å². The van der Waals surface area contributed by atoms with E-state index in [2.05, 4.69) is 17.6 Å². The van der Waals surface area contributed by atoms with Crippen molar-refractivity contribution < 1.29 is 19.1 Å². The number of hydrogen-bond donors (Lipinski definition) is 2. The van der Waals surface area contributed by atoms with Crippen LogP contribution in [-0.2, 0) is 14.3 Å². The molecule has 7 heteroatoms. The second kappa shape index (κ2) is 15.2. The van der Waals surface area contributed by atoms with Crippen molar-refractivity contribution in [3.63, 3.8) is 0 Å². The standard InChI is InChI=1S/C28H43N3O4/c1-5-7-8-9-10-11-12-13-14-18-24(32)29-23-17-15-16-22(20-23)26-25(27(33)35-4)21(3)31(19-6-2)28(34)30-26/h15-17,20,26H,5-14,18-19H2,1-4H3,(H,29,32)(H,30,34)/t26-/m1/s1. The number of methoxy groups -OCH3 is 1. The lowest BCUT2D eigenvalue weighted by Gasteiger charge is -2.35. The highest BCUT2D eigenvalue weighted by atomic mass is 16.5. The van der Waals surface area contributed by atoms with Crippen LogP contribution in [0.1, 0.15) is 103 Å². The van der Waals surface area contributed by atoms with Crippen molar-refractivity contribution in [1.82, 2.24) is 10.2 Å². The van der Waals surface area contributed by atoms with Crippen LogP contribution in [0.3, 0.4) is 0 Å². The first kappa shape index (κ1) is 28.4. The molecule has 0 saturated carbocycles. The van der Waals surface area contributed by atoms with Crippen LogP contribution in [0.25, 0.3) is 0 Å². The number of urea groups is 1. The van der Waals surface area contributed by atoms with E-state index in [-0.39, 0.29) is 11.9 Å². The van der Waals surface area contributed by atoms with Crippen molar-refractivity contribution in [2.24, 2.45) is 0 Å². The molecule has 0 aliphatic carbocycles. The van der Waals surface area contributed by atoms with E-state index in [1.54, 1.807) is 11.8 Å². The number of ether oxygens (including phenoxy) is 1. The average molecular weight is 486 g/mol. The maximum absolute atomic E-state index is 12.7. The first-order valence-electron chi connectivity index (χ1n) is 13.2. The van der Waals surface area contributed by atoms with Crippen LogP contribution in [0, 0.1) is 0 Å². The number of esters is 1. The lowest BCUT2D eigenvalue weighted by Crippen LogP contribution is -2.48. The Bertz CT molecular complexity index is 881. The Morgan fingerprint density at radius 2 is 1.66 bits per heavy atom. The summed E-state index contributed by atoms with van der Waals surface area (Å²) in [5, 5.41) is 5.89. The number of allylic oxidation sites excluding steroid dienone is 1. The molecular weight excluding hydrogens is 442 g/mol. The maximum Gasteiger partial charge on any atom is 0.337 e. The molecule has 194 valence electrons. The first-order chi connectivity index (χ1) is 16.9. The summed E-state index contributed by atoms with van der Waals surface area (Å²) in [5.74, 6) is -0.500. The predicted molar refractivity (Wildman–Crippen MR) is 140 cm³/mol. The number of anilines is 1. The van der Waals surface area contributed by atoms with Crippen molar-refractivity contribution >= 4 is 23.6 Å². The summed E-state index contributed by atoms with van der Waals surface area (Å²) in [6.07, 6.45) is 12.1. The van der Waals surface area contributed by atoms with Gasteiger partial charge in [0.15, 0.2) is 0 Å². The second-order valence-corrected chi connectivity index (χ2v) is 9.28. The van der Waals surface area contributed by atoms with Crippen molar-refractivity contribution in [2.75, 3.05) is 19.0 Å². The monoisotopic (exact) mass is 485 g/mol. The molecule has 3 amide bonds. The van der Waals surface area contributed by atoms with Gasteiger partial charge in [-0.25, -0.2) is 9.59 Å². The normalized spacial score (nSPS) is 15.7. The number of amides is 3. The van der Waals surface area contributed by atoms with Gasteiger partial charge in [-0.1, -0.05) is 77.3 Å². The zero-order valence-corrected chi connectivity index (χ0v) is 22.0. The molecule has 1 atom stereocenters. The summed E-state index contributed by atoms with van der Waals surface area (Å²) >= 11 is 0. The smallest absolute Gasteiger partial charge is 0.337 e. The molecule has 0 spiro atoms. The van der Waals surface area contributed by atoms with Gasteiger partial charge in [-0.05, 0) is 37.5 Å². The fraction of sp³-hybridized carbons (Fsp3) is 0.607. The van der Waals surface area contributed by atoms with Crippen LogP contribution in [0.5, 0.6) is 0 Å². The summed E-state index contributed by atoms with van der Waals surface area (Å²) in [6.45, 7) is 6.49. The topological polar surface area (TPSA) is 87.7 Å². The molecule has 0 unspecified atom stereocenters. The third-order valence-electron chi connectivity index (χ3n) is 6.46. The molecule has 2 N–H and O–H groups in total. The Morgan fingerprint density at radius 3 is 2.29 bits per heavy atom. The van der Waals surface area contributed by atoms with Gasteiger partial charge < -0.3 is 15.4 Å². The van der Waals surface area contributed by atoms with Gasteiger partial charge in [0.05, 0.1) is 18.7 Å². The SMILES string of the molecule is CCCCCCCCCCCC(=O)Nc1cccc([C@H]2NC(=O)N(CCC)C(C)=C2C(=O)OC)c1. The van der Waals surface area contributed by atoms with Crippen molar-refractivity contribution in [1.29, 1.82) is 0 Å². The van der Waals surface area contributed by atoms with E-state index in [9.17, 15) is 14.4 Å². The molecule has 0 bridgehead atoms. The van der Waals surface area contributed by atoms with Crippen LogP contribution < -0.4 is 10.6 Å². The summed E-state index contributed by atoms with van der Waals surface area (Å²) in [5.41, 5.74) is 2.36. The molecule has 35 heavy (non-hydrogen) atoms. The second-order valence-electron chi connectivity index (χ2n) is 9.28. The lowest BCUT2D eigenvalue weighted by atomic mass is 9.94. The highest BCUT2D eigenvalue weighted by Gasteiger charge is 2.36. The van der Waals surface area contributed by atoms with E-state index in [0.717, 1.165) is 24.8 Å². The van der Waals surface area contributed by atoms with Crippen molar-refractivity contribution in [3.8, 4) is 0 Å². The summed E-state index contributed by atoms with van der Waals surface area (Å²) < 4.78 is 5.02. The van der Waals surface area contributed by atoms with E-state index < -0.39 is 12.0 Å². The fourth-order valence-corrected chi connectivity index (χ4v) is 4.51. The Hall–Kier alpha value is -2.83. The Morgan fingerprint density at radius 1 is 1.00 bits per heavy atom. The summed E-state index contributed by atoms with van der Waals surface area (Å²) in [7, 11) is 1.34. The van der Waals surface area contributed by atoms with E-state index in [0.29, 0.717) is 29.9 Å². The molecule has 1 aromatic carbocycles.